The maximum Gasteiger partial charge on any atom is 0.315 e. The average Bonchev–Trinajstić information content (AvgIpc) is 3.33. The molecule has 0 aromatic rings. The van der Waals surface area contributed by atoms with E-state index in [1.165, 1.54) is 6.42 Å². The van der Waals surface area contributed by atoms with E-state index in [2.05, 4.69) is 0 Å². The van der Waals surface area contributed by atoms with Crippen LogP contribution in [0.4, 0.5) is 0 Å². The number of unbranched alkanes of at least 4 members (excludes halogenated alkanes) is 10. The monoisotopic (exact) mass is 678 g/mol. The number of ether oxygens (including phenoxy) is 5. The molecule has 3 heterocycles. The molecule has 0 aromatic heterocycles. The van der Waals surface area contributed by atoms with Gasteiger partial charge < -0.3 is 59.4 Å². The third-order valence-electron chi connectivity index (χ3n) is 9.71. The molecule has 14 nitrogen and oxygen atoms in total. The van der Waals surface area contributed by atoms with Crippen molar-refractivity contribution in [3.8, 4) is 0 Å². The van der Waals surface area contributed by atoms with E-state index < -0.39 is 97.9 Å². The Bertz CT molecular complexity index is 935. The predicted molar refractivity (Wildman–Crippen MR) is 165 cm³/mol. The van der Waals surface area contributed by atoms with Crippen LogP contribution in [-0.2, 0) is 33.3 Å². The highest BCUT2D eigenvalue weighted by Gasteiger charge is 2.50. The summed E-state index contributed by atoms with van der Waals surface area (Å²) in [6.45, 7) is 4.48. The molecule has 0 amide bonds. The van der Waals surface area contributed by atoms with Crippen LogP contribution in [0.25, 0.3) is 0 Å². The normalized spacial score (nSPS) is 38.3. The van der Waals surface area contributed by atoms with E-state index in [0.717, 1.165) is 70.6 Å². The molecule has 3 saturated heterocycles. The zero-order valence-electron chi connectivity index (χ0n) is 28.0. The number of hydrogen-bond donors (Lipinski definition) is 7. The van der Waals surface area contributed by atoms with Crippen molar-refractivity contribution >= 4 is 11.9 Å². The van der Waals surface area contributed by atoms with E-state index in [1.54, 1.807) is 13.8 Å². The van der Waals surface area contributed by atoms with Gasteiger partial charge in [-0.3, -0.25) is 9.59 Å². The molecule has 0 spiro atoms. The Morgan fingerprint density at radius 3 is 1.83 bits per heavy atom. The lowest BCUT2D eigenvalue weighted by Crippen LogP contribution is -2.59. The van der Waals surface area contributed by atoms with Crippen molar-refractivity contribution < 1.29 is 69.0 Å². The number of aliphatic hydroxyl groups excluding tert-OH is 7. The molecule has 0 unspecified atom stereocenters. The number of cyclic esters (lactones) is 1. The zero-order chi connectivity index (χ0) is 34.7. The van der Waals surface area contributed by atoms with E-state index in [9.17, 15) is 45.3 Å². The van der Waals surface area contributed by atoms with Crippen LogP contribution in [0.15, 0.2) is 0 Å². The number of rotatable bonds is 19. The Kier molecular flexibility index (Phi) is 16.7. The lowest BCUT2D eigenvalue weighted by Gasteiger charge is -2.39. The molecule has 0 aliphatic carbocycles. The minimum atomic E-state index is -1.71. The fourth-order valence-corrected chi connectivity index (χ4v) is 6.54. The SMILES string of the molecule is C[C@@H]1O[C@@H](O[C@@H](C)CCCCCCCCCCCCC[C@@H]2OC(=O)[C@H](C)[C@H]2C(=O)O[C@@H]2O[C@H](CO)[C@@H](O)[C@H](O)[C@H]2O)[C@H](O)[C@H](O)[C@H]1O. The van der Waals surface area contributed by atoms with Crippen molar-refractivity contribution in [3.05, 3.63) is 0 Å². The topological polar surface area (TPSA) is 222 Å². The summed E-state index contributed by atoms with van der Waals surface area (Å²) in [5, 5.41) is 69.3. The Morgan fingerprint density at radius 1 is 0.702 bits per heavy atom. The Balaban J connectivity index is 1.21. The number of aliphatic hydroxyl groups is 7. The van der Waals surface area contributed by atoms with Gasteiger partial charge in [-0.1, -0.05) is 71.1 Å². The van der Waals surface area contributed by atoms with Gasteiger partial charge in [0.05, 0.1) is 24.7 Å². The predicted octanol–water partition coefficient (Wildman–Crippen LogP) is 0.811. The number of hydrogen-bond acceptors (Lipinski definition) is 14. The van der Waals surface area contributed by atoms with E-state index >= 15 is 0 Å². The molecule has 14 heteroatoms. The maximum atomic E-state index is 13.0. The molecule has 3 rings (SSSR count). The highest BCUT2D eigenvalue weighted by atomic mass is 16.7. The minimum absolute atomic E-state index is 0.135. The first-order valence-electron chi connectivity index (χ1n) is 17.4. The van der Waals surface area contributed by atoms with Gasteiger partial charge in [-0.2, -0.15) is 0 Å². The third kappa shape index (κ3) is 11.3. The molecule has 7 N–H and O–H groups in total. The molecular formula is C33H58O14. The largest absolute Gasteiger partial charge is 0.461 e. The summed E-state index contributed by atoms with van der Waals surface area (Å²) in [7, 11) is 0. The molecule has 274 valence electrons. The quantitative estimate of drug-likeness (QED) is 0.0743. The van der Waals surface area contributed by atoms with Crippen LogP contribution in [0.1, 0.15) is 104 Å². The number of carbonyl (C=O) groups is 2. The van der Waals surface area contributed by atoms with E-state index in [4.69, 9.17) is 23.7 Å². The van der Waals surface area contributed by atoms with Crippen molar-refractivity contribution in [2.45, 2.75) is 178 Å². The van der Waals surface area contributed by atoms with Gasteiger partial charge in [0.1, 0.15) is 54.7 Å². The lowest BCUT2D eigenvalue weighted by atomic mass is 9.89. The molecule has 0 saturated carbocycles. The standard InChI is InChI=1S/C33H58O14/c1-18(43-32-28(39)26(37)24(35)20(3)44-32)15-13-11-9-7-5-4-6-8-10-12-14-16-21-23(19(2)30(41)45-21)31(42)47-33-29(40)27(38)25(36)22(17-34)46-33/h18-29,32-40H,4-17H2,1-3H3/t18-,19+,20-,21-,22+,23+,24-,25+,26+,27-,28+,29+,32+,33-/m0/s1. The summed E-state index contributed by atoms with van der Waals surface area (Å²) < 4.78 is 27.3. The van der Waals surface area contributed by atoms with E-state index in [0.29, 0.717) is 6.42 Å². The second-order valence-corrected chi connectivity index (χ2v) is 13.5. The van der Waals surface area contributed by atoms with Crippen LogP contribution in [0.2, 0.25) is 0 Å². The fourth-order valence-electron chi connectivity index (χ4n) is 6.54. The van der Waals surface area contributed by atoms with Gasteiger partial charge in [-0.05, 0) is 33.1 Å². The van der Waals surface area contributed by atoms with Crippen LogP contribution in [0.3, 0.4) is 0 Å². The van der Waals surface area contributed by atoms with E-state index in [-0.39, 0.29) is 6.10 Å². The highest BCUT2D eigenvalue weighted by molar-refractivity contribution is 5.85. The number of esters is 2. The summed E-state index contributed by atoms with van der Waals surface area (Å²) in [6, 6.07) is 0. The third-order valence-corrected chi connectivity index (χ3v) is 9.71. The van der Waals surface area contributed by atoms with Crippen molar-refractivity contribution in [2.24, 2.45) is 11.8 Å². The molecule has 14 atom stereocenters. The van der Waals surface area contributed by atoms with Crippen molar-refractivity contribution in [2.75, 3.05) is 6.61 Å². The summed E-state index contributed by atoms with van der Waals surface area (Å²) in [6.07, 6.45) is -0.865. The first kappa shape index (κ1) is 40.0. The average molecular weight is 679 g/mol. The van der Waals surface area contributed by atoms with Gasteiger partial charge in [0.2, 0.25) is 6.29 Å². The lowest BCUT2D eigenvalue weighted by molar-refractivity contribution is -0.303. The molecule has 0 bridgehead atoms. The second kappa shape index (κ2) is 19.7. The van der Waals surface area contributed by atoms with Gasteiger partial charge in [0.25, 0.3) is 0 Å². The minimum Gasteiger partial charge on any atom is -0.461 e. The van der Waals surface area contributed by atoms with Gasteiger partial charge in [-0.15, -0.1) is 0 Å². The van der Waals surface area contributed by atoms with Gasteiger partial charge in [0, 0.05) is 0 Å². The number of carbonyl (C=O) groups excluding carboxylic acids is 2. The van der Waals surface area contributed by atoms with Crippen molar-refractivity contribution in [3.63, 3.8) is 0 Å². The molecule has 3 fully saturated rings. The summed E-state index contributed by atoms with van der Waals surface area (Å²) in [5.74, 6) is -2.93. The maximum absolute atomic E-state index is 13.0. The first-order valence-corrected chi connectivity index (χ1v) is 17.4. The Morgan fingerprint density at radius 2 is 1.23 bits per heavy atom. The van der Waals surface area contributed by atoms with Gasteiger partial charge >= 0.3 is 11.9 Å². The van der Waals surface area contributed by atoms with Crippen LogP contribution in [-0.4, -0.2) is 128 Å². The Labute approximate surface area is 277 Å². The second-order valence-electron chi connectivity index (χ2n) is 13.5. The van der Waals surface area contributed by atoms with Crippen molar-refractivity contribution in [1.29, 1.82) is 0 Å². The molecular weight excluding hydrogens is 620 g/mol. The molecule has 3 aliphatic heterocycles. The molecule has 0 aromatic carbocycles. The van der Waals surface area contributed by atoms with Crippen LogP contribution in [0, 0.1) is 11.8 Å². The fraction of sp³-hybridized carbons (Fsp3) is 0.939. The summed E-state index contributed by atoms with van der Waals surface area (Å²) >= 11 is 0. The first-order chi connectivity index (χ1) is 22.4. The summed E-state index contributed by atoms with van der Waals surface area (Å²) in [4.78, 5) is 25.2. The van der Waals surface area contributed by atoms with Crippen molar-refractivity contribution in [1.82, 2.24) is 0 Å². The summed E-state index contributed by atoms with van der Waals surface area (Å²) in [5.41, 5.74) is 0. The van der Waals surface area contributed by atoms with Gasteiger partial charge in [-0.25, -0.2) is 0 Å². The molecule has 0 radical (unpaired) electrons. The highest BCUT2D eigenvalue weighted by Crippen LogP contribution is 2.34. The Hall–Kier alpha value is -1.46. The van der Waals surface area contributed by atoms with Crippen LogP contribution in [0.5, 0.6) is 0 Å². The zero-order valence-corrected chi connectivity index (χ0v) is 28.0. The smallest absolute Gasteiger partial charge is 0.315 e. The van der Waals surface area contributed by atoms with Crippen LogP contribution < -0.4 is 0 Å². The van der Waals surface area contributed by atoms with E-state index in [1.807, 2.05) is 6.92 Å². The van der Waals surface area contributed by atoms with Gasteiger partial charge in [0.15, 0.2) is 6.29 Å². The molecule has 47 heavy (non-hydrogen) atoms. The molecule has 3 aliphatic rings. The van der Waals surface area contributed by atoms with Crippen LogP contribution >= 0.6 is 0 Å².